The summed E-state index contributed by atoms with van der Waals surface area (Å²) in [5.74, 6) is 0.548. The highest BCUT2D eigenvalue weighted by atomic mass is 32.2. The van der Waals surface area contributed by atoms with Crippen LogP contribution in [0, 0.1) is 13.8 Å². The van der Waals surface area contributed by atoms with Gasteiger partial charge in [0.15, 0.2) is 5.76 Å². The number of benzene rings is 2. The van der Waals surface area contributed by atoms with Gasteiger partial charge in [-0.3, -0.25) is 4.72 Å². The molecule has 0 atom stereocenters. The fourth-order valence-electron chi connectivity index (χ4n) is 2.67. The lowest BCUT2D eigenvalue weighted by Gasteiger charge is -2.13. The molecule has 5 nitrogen and oxygen atoms in total. The second-order valence-corrected chi connectivity index (χ2v) is 7.63. The van der Waals surface area contributed by atoms with E-state index in [2.05, 4.69) is 9.88 Å². The number of aromatic nitrogens is 1. The zero-order chi connectivity index (χ0) is 18.0. The van der Waals surface area contributed by atoms with E-state index in [1.165, 1.54) is 0 Å². The molecule has 6 heteroatoms. The average Bonchev–Trinajstić information content (AvgIpc) is 3.00. The van der Waals surface area contributed by atoms with Crippen LogP contribution < -0.4 is 4.72 Å². The number of hydrogen-bond acceptors (Lipinski definition) is 4. The Morgan fingerprint density at radius 3 is 2.52 bits per heavy atom. The second kappa shape index (κ2) is 6.72. The fraction of sp³-hybridized carbons (Fsp3) is 0.211. The van der Waals surface area contributed by atoms with E-state index in [4.69, 9.17) is 4.52 Å². The van der Waals surface area contributed by atoms with Crippen LogP contribution in [0.25, 0.3) is 11.3 Å². The Morgan fingerprint density at radius 2 is 1.88 bits per heavy atom. The number of anilines is 1. The molecule has 1 heterocycles. The first kappa shape index (κ1) is 17.2. The average molecular weight is 356 g/mol. The van der Waals surface area contributed by atoms with E-state index >= 15 is 0 Å². The van der Waals surface area contributed by atoms with Gasteiger partial charge in [-0.05, 0) is 49.6 Å². The van der Waals surface area contributed by atoms with Crippen LogP contribution in [0.4, 0.5) is 5.69 Å². The van der Waals surface area contributed by atoms with E-state index in [1.807, 2.05) is 45.0 Å². The summed E-state index contributed by atoms with van der Waals surface area (Å²) in [6, 6.07) is 14.4. The molecule has 1 aromatic heterocycles. The van der Waals surface area contributed by atoms with Gasteiger partial charge in [-0.2, -0.15) is 0 Å². The Labute approximate surface area is 147 Å². The van der Waals surface area contributed by atoms with Gasteiger partial charge in [-0.15, -0.1) is 0 Å². The maximum Gasteiger partial charge on any atom is 0.262 e. The van der Waals surface area contributed by atoms with Crippen molar-refractivity contribution in [2.24, 2.45) is 0 Å². The molecule has 0 bridgehead atoms. The Hall–Kier alpha value is -2.60. The van der Waals surface area contributed by atoms with Crippen LogP contribution in [0.2, 0.25) is 0 Å². The van der Waals surface area contributed by atoms with Crippen LogP contribution in [-0.4, -0.2) is 13.6 Å². The third-order valence-electron chi connectivity index (χ3n) is 3.92. The molecule has 130 valence electrons. The summed E-state index contributed by atoms with van der Waals surface area (Å²) >= 11 is 0. The van der Waals surface area contributed by atoms with E-state index in [0.717, 1.165) is 16.8 Å². The van der Waals surface area contributed by atoms with Crippen molar-refractivity contribution in [3.63, 3.8) is 0 Å². The standard InChI is InChI=1S/C19H20N2O3S/c1-4-15-8-9-16(18-11-14(3)20-24-18)12-19(15)25(22,23)21-17-7-5-6-13(2)10-17/h5-12,21H,4H2,1-3H3. The third-order valence-corrected chi connectivity index (χ3v) is 5.38. The molecule has 2 aromatic carbocycles. The van der Waals surface area contributed by atoms with E-state index < -0.39 is 10.0 Å². The first-order valence-corrected chi connectivity index (χ1v) is 9.53. The van der Waals surface area contributed by atoms with Crippen molar-refractivity contribution < 1.29 is 12.9 Å². The molecule has 3 aromatic rings. The van der Waals surface area contributed by atoms with Gasteiger partial charge < -0.3 is 4.52 Å². The van der Waals surface area contributed by atoms with E-state index in [9.17, 15) is 8.42 Å². The minimum Gasteiger partial charge on any atom is -0.356 e. The quantitative estimate of drug-likeness (QED) is 0.739. The highest BCUT2D eigenvalue weighted by molar-refractivity contribution is 7.92. The van der Waals surface area contributed by atoms with Crippen molar-refractivity contribution in [1.29, 1.82) is 0 Å². The number of nitrogens with one attached hydrogen (secondary N) is 1. The SMILES string of the molecule is CCc1ccc(-c2cc(C)no2)cc1S(=O)(=O)Nc1cccc(C)c1. The molecule has 0 spiro atoms. The van der Waals surface area contributed by atoms with Gasteiger partial charge in [0.2, 0.25) is 0 Å². The Kier molecular flexibility index (Phi) is 4.63. The summed E-state index contributed by atoms with van der Waals surface area (Å²) < 4.78 is 33.8. The normalized spacial score (nSPS) is 11.5. The second-order valence-electron chi connectivity index (χ2n) is 5.98. The van der Waals surface area contributed by atoms with Gasteiger partial charge in [0.05, 0.1) is 10.6 Å². The third kappa shape index (κ3) is 3.74. The number of hydrogen-bond donors (Lipinski definition) is 1. The van der Waals surface area contributed by atoms with Crippen molar-refractivity contribution in [3.8, 4) is 11.3 Å². The molecule has 0 aliphatic heterocycles. The van der Waals surface area contributed by atoms with Crippen LogP contribution in [0.3, 0.4) is 0 Å². The topological polar surface area (TPSA) is 72.2 Å². The number of rotatable bonds is 5. The number of aryl methyl sites for hydroxylation is 3. The van der Waals surface area contributed by atoms with Gasteiger partial charge in [0.1, 0.15) is 0 Å². The van der Waals surface area contributed by atoms with Crippen LogP contribution in [0.5, 0.6) is 0 Å². The van der Waals surface area contributed by atoms with Gasteiger partial charge in [-0.1, -0.05) is 36.3 Å². The Bertz CT molecular complexity index is 1010. The molecule has 0 fully saturated rings. The largest absolute Gasteiger partial charge is 0.356 e. The molecule has 0 saturated heterocycles. The molecule has 0 aliphatic carbocycles. The summed E-state index contributed by atoms with van der Waals surface area (Å²) in [6.07, 6.45) is 0.611. The van der Waals surface area contributed by atoms with E-state index in [1.54, 1.807) is 24.3 Å². The monoisotopic (exact) mass is 356 g/mol. The fourth-order valence-corrected chi connectivity index (χ4v) is 4.06. The minimum atomic E-state index is -3.71. The molecule has 0 radical (unpaired) electrons. The lowest BCUT2D eigenvalue weighted by molar-refractivity contribution is 0.427. The van der Waals surface area contributed by atoms with Gasteiger partial charge >= 0.3 is 0 Å². The zero-order valence-electron chi connectivity index (χ0n) is 14.4. The van der Waals surface area contributed by atoms with Gasteiger partial charge in [0, 0.05) is 17.3 Å². The number of nitrogens with zero attached hydrogens (tertiary/aromatic N) is 1. The maximum atomic E-state index is 12.9. The summed E-state index contributed by atoms with van der Waals surface area (Å²) in [5.41, 5.74) is 3.71. The van der Waals surface area contributed by atoms with Crippen LogP contribution in [0.15, 0.2) is 57.9 Å². The van der Waals surface area contributed by atoms with Gasteiger partial charge in [0.25, 0.3) is 10.0 Å². The lowest BCUT2D eigenvalue weighted by atomic mass is 10.1. The van der Waals surface area contributed by atoms with Crippen molar-refractivity contribution in [2.75, 3.05) is 4.72 Å². The first-order valence-electron chi connectivity index (χ1n) is 8.05. The van der Waals surface area contributed by atoms with Gasteiger partial charge in [-0.25, -0.2) is 8.42 Å². The Balaban J connectivity index is 2.04. The van der Waals surface area contributed by atoms with Crippen molar-refractivity contribution >= 4 is 15.7 Å². The van der Waals surface area contributed by atoms with Crippen molar-refractivity contribution in [3.05, 3.63) is 65.4 Å². The molecule has 3 rings (SSSR count). The van der Waals surface area contributed by atoms with Crippen LogP contribution >= 0.6 is 0 Å². The molecule has 0 amide bonds. The summed E-state index contributed by atoms with van der Waals surface area (Å²) in [5, 5.41) is 3.86. The van der Waals surface area contributed by atoms with E-state index in [-0.39, 0.29) is 4.90 Å². The molecule has 25 heavy (non-hydrogen) atoms. The molecular formula is C19H20N2O3S. The predicted octanol–water partition coefficient (Wildman–Crippen LogP) is 4.32. The molecule has 0 saturated carbocycles. The zero-order valence-corrected chi connectivity index (χ0v) is 15.2. The maximum absolute atomic E-state index is 12.9. The molecule has 0 unspecified atom stereocenters. The molecule has 1 N–H and O–H groups in total. The van der Waals surface area contributed by atoms with Crippen molar-refractivity contribution in [2.45, 2.75) is 32.1 Å². The first-order chi connectivity index (χ1) is 11.9. The predicted molar refractivity (Wildman–Crippen MR) is 98.0 cm³/mol. The minimum absolute atomic E-state index is 0.253. The Morgan fingerprint density at radius 1 is 1.08 bits per heavy atom. The lowest BCUT2D eigenvalue weighted by Crippen LogP contribution is -2.15. The smallest absolute Gasteiger partial charge is 0.262 e. The molecule has 0 aliphatic rings. The highest BCUT2D eigenvalue weighted by Crippen LogP contribution is 2.28. The summed E-state index contributed by atoms with van der Waals surface area (Å²) in [4.78, 5) is 0.253. The summed E-state index contributed by atoms with van der Waals surface area (Å²) in [6.45, 7) is 5.67. The van der Waals surface area contributed by atoms with E-state index in [0.29, 0.717) is 23.4 Å². The molecular weight excluding hydrogens is 336 g/mol. The summed E-state index contributed by atoms with van der Waals surface area (Å²) in [7, 11) is -3.71. The highest BCUT2D eigenvalue weighted by Gasteiger charge is 2.20. The number of sulfonamides is 1. The van der Waals surface area contributed by atoms with Crippen molar-refractivity contribution in [1.82, 2.24) is 5.16 Å². The van der Waals surface area contributed by atoms with Crippen LogP contribution in [0.1, 0.15) is 23.7 Å². The van der Waals surface area contributed by atoms with Crippen LogP contribution in [-0.2, 0) is 16.4 Å².